The molecule has 2 aromatic carbocycles. The SMILES string of the molecule is Cc1nc2cc(-c3nc(C#N)cs3)c(N[C@H]3CCN4C(=O)OC[C@@H]4C3)cc2c(=O)n1Cc1ccc(Cl)cc1. The highest BCUT2D eigenvalue weighted by Crippen LogP contribution is 2.35. The molecule has 6 rings (SSSR count). The minimum atomic E-state index is -0.255. The second-order valence-corrected chi connectivity index (χ2v) is 10.8. The number of fused-ring (bicyclic) bond motifs is 2. The van der Waals surface area contributed by atoms with Crippen molar-refractivity contribution < 1.29 is 9.53 Å². The fourth-order valence-corrected chi connectivity index (χ4v) is 6.04. The summed E-state index contributed by atoms with van der Waals surface area (Å²) in [7, 11) is 0. The molecule has 0 aliphatic carbocycles. The van der Waals surface area contributed by atoms with Crippen LogP contribution >= 0.6 is 22.9 Å². The first kappa shape index (κ1) is 24.4. The fraction of sp³-hybridized carbons (Fsp3) is 0.296. The number of halogens is 1. The Kier molecular flexibility index (Phi) is 6.26. The van der Waals surface area contributed by atoms with Crippen molar-refractivity contribution >= 4 is 45.6 Å². The summed E-state index contributed by atoms with van der Waals surface area (Å²) in [5.74, 6) is 0.597. The maximum absolute atomic E-state index is 13.7. The average molecular weight is 547 g/mol. The van der Waals surface area contributed by atoms with E-state index >= 15 is 0 Å². The van der Waals surface area contributed by atoms with Gasteiger partial charge >= 0.3 is 6.09 Å². The molecule has 2 fully saturated rings. The van der Waals surface area contributed by atoms with E-state index in [0.717, 1.165) is 29.7 Å². The molecule has 1 amide bonds. The minimum absolute atomic E-state index is 0.0311. The van der Waals surface area contributed by atoms with Crippen molar-refractivity contribution in [2.45, 2.75) is 38.4 Å². The van der Waals surface area contributed by atoms with Crippen LogP contribution in [0.5, 0.6) is 0 Å². The molecule has 9 nitrogen and oxygen atoms in total. The van der Waals surface area contributed by atoms with E-state index in [0.29, 0.717) is 52.1 Å². The number of carbonyl (C=O) groups excluding carboxylic acids is 1. The van der Waals surface area contributed by atoms with Crippen molar-refractivity contribution in [1.29, 1.82) is 5.26 Å². The van der Waals surface area contributed by atoms with Crippen molar-refractivity contribution in [3.05, 3.63) is 74.2 Å². The van der Waals surface area contributed by atoms with E-state index in [4.69, 9.17) is 21.3 Å². The summed E-state index contributed by atoms with van der Waals surface area (Å²) < 4.78 is 6.88. The largest absolute Gasteiger partial charge is 0.447 e. The van der Waals surface area contributed by atoms with Crippen LogP contribution in [0, 0.1) is 18.3 Å². The molecule has 0 saturated carbocycles. The Morgan fingerprint density at radius 1 is 1.24 bits per heavy atom. The molecule has 2 saturated heterocycles. The highest BCUT2D eigenvalue weighted by Gasteiger charge is 2.38. The molecule has 38 heavy (non-hydrogen) atoms. The number of carbonyl (C=O) groups is 1. The molecular formula is C27H23ClN6O3S. The van der Waals surface area contributed by atoms with Crippen LogP contribution in [-0.2, 0) is 11.3 Å². The van der Waals surface area contributed by atoms with E-state index in [1.165, 1.54) is 11.3 Å². The van der Waals surface area contributed by atoms with Gasteiger partial charge in [-0.05, 0) is 49.6 Å². The van der Waals surface area contributed by atoms with E-state index < -0.39 is 0 Å². The molecule has 0 spiro atoms. The maximum atomic E-state index is 13.7. The van der Waals surface area contributed by atoms with Gasteiger partial charge in [0.25, 0.3) is 5.56 Å². The topological polar surface area (TPSA) is 113 Å². The lowest BCUT2D eigenvalue weighted by molar-refractivity contribution is 0.153. The number of hydrogen-bond donors (Lipinski definition) is 1. The van der Waals surface area contributed by atoms with Gasteiger partial charge < -0.3 is 15.0 Å². The summed E-state index contributed by atoms with van der Waals surface area (Å²) >= 11 is 7.40. The second kappa shape index (κ2) is 9.74. The van der Waals surface area contributed by atoms with Gasteiger partial charge in [-0.3, -0.25) is 9.36 Å². The number of aryl methyl sites for hydroxylation is 1. The van der Waals surface area contributed by atoms with E-state index in [-0.39, 0.29) is 23.7 Å². The van der Waals surface area contributed by atoms with E-state index in [1.54, 1.807) is 27.0 Å². The monoisotopic (exact) mass is 546 g/mol. The van der Waals surface area contributed by atoms with E-state index in [1.807, 2.05) is 31.2 Å². The summed E-state index contributed by atoms with van der Waals surface area (Å²) in [6, 6.07) is 13.3. The molecule has 11 heteroatoms. The van der Waals surface area contributed by atoms with Gasteiger partial charge in [-0.2, -0.15) is 5.26 Å². The zero-order valence-electron chi connectivity index (χ0n) is 20.5. The van der Waals surface area contributed by atoms with Gasteiger partial charge in [0, 0.05) is 34.2 Å². The van der Waals surface area contributed by atoms with Crippen molar-refractivity contribution in [2.24, 2.45) is 0 Å². The van der Waals surface area contributed by atoms with Crippen LogP contribution in [0.3, 0.4) is 0 Å². The van der Waals surface area contributed by atoms with Crippen LogP contribution in [0.15, 0.2) is 46.6 Å². The maximum Gasteiger partial charge on any atom is 0.410 e. The number of cyclic esters (lactones) is 1. The number of aromatic nitrogens is 3. The van der Waals surface area contributed by atoms with E-state index in [9.17, 15) is 14.9 Å². The third kappa shape index (κ3) is 4.48. The standard InChI is InChI=1S/C27H23ClN6O3S/c1-15-30-24-9-21(25-32-19(11-29)14-38-25)23(31-18-6-7-33-20(8-18)13-37-27(33)36)10-22(24)26(35)34(15)12-16-2-4-17(28)5-3-16/h2-5,9-10,14,18,20,31H,6-8,12-13H2,1H3/t18-,20-/m0/s1. The predicted molar refractivity (Wildman–Crippen MR) is 146 cm³/mol. The Morgan fingerprint density at radius 3 is 2.82 bits per heavy atom. The zero-order valence-corrected chi connectivity index (χ0v) is 22.1. The summed E-state index contributed by atoms with van der Waals surface area (Å²) in [6.45, 7) is 3.19. The highest BCUT2D eigenvalue weighted by molar-refractivity contribution is 7.13. The molecule has 4 aromatic rings. The summed E-state index contributed by atoms with van der Waals surface area (Å²) in [4.78, 5) is 36.6. The molecule has 2 aromatic heterocycles. The molecule has 4 heterocycles. The number of hydrogen-bond acceptors (Lipinski definition) is 8. The Bertz CT molecular complexity index is 1660. The molecule has 0 unspecified atom stereocenters. The number of nitrogens with zero attached hydrogens (tertiary/aromatic N) is 5. The van der Waals surface area contributed by atoms with Gasteiger partial charge in [-0.25, -0.2) is 14.8 Å². The van der Waals surface area contributed by atoms with Gasteiger partial charge in [0.15, 0.2) is 5.69 Å². The number of nitriles is 1. The van der Waals surface area contributed by atoms with Crippen LogP contribution in [0.1, 0.15) is 29.9 Å². The van der Waals surface area contributed by atoms with Gasteiger partial charge in [-0.1, -0.05) is 23.7 Å². The number of amides is 1. The quantitative estimate of drug-likeness (QED) is 0.382. The van der Waals surface area contributed by atoms with Crippen molar-refractivity contribution in [3.63, 3.8) is 0 Å². The van der Waals surface area contributed by atoms with Crippen LogP contribution < -0.4 is 10.9 Å². The number of piperidine rings is 1. The molecule has 2 aliphatic heterocycles. The van der Waals surface area contributed by atoms with Crippen LogP contribution in [0.25, 0.3) is 21.5 Å². The first-order valence-corrected chi connectivity index (χ1v) is 13.5. The van der Waals surface area contributed by atoms with Crippen LogP contribution in [0.4, 0.5) is 10.5 Å². The molecule has 0 bridgehead atoms. The highest BCUT2D eigenvalue weighted by atomic mass is 35.5. The first-order valence-electron chi connectivity index (χ1n) is 12.2. The van der Waals surface area contributed by atoms with E-state index in [2.05, 4.69) is 16.4 Å². The fourth-order valence-electron chi connectivity index (χ4n) is 5.13. The summed E-state index contributed by atoms with van der Waals surface area (Å²) in [5, 5.41) is 16.4. The first-order chi connectivity index (χ1) is 18.4. The smallest absolute Gasteiger partial charge is 0.410 e. The van der Waals surface area contributed by atoms with Crippen LogP contribution in [-0.4, -0.2) is 50.8 Å². The van der Waals surface area contributed by atoms with Gasteiger partial charge in [0.05, 0.1) is 23.5 Å². The van der Waals surface area contributed by atoms with Crippen molar-refractivity contribution in [3.8, 4) is 16.6 Å². The predicted octanol–water partition coefficient (Wildman–Crippen LogP) is 4.80. The summed E-state index contributed by atoms with van der Waals surface area (Å²) in [6.07, 6.45) is 1.23. The lowest BCUT2D eigenvalue weighted by Crippen LogP contribution is -2.45. The molecular weight excluding hydrogens is 524 g/mol. The van der Waals surface area contributed by atoms with Gasteiger partial charge in [-0.15, -0.1) is 11.3 Å². The Labute approximate surface area is 227 Å². The normalized spacial score (nSPS) is 18.8. The zero-order chi connectivity index (χ0) is 26.4. The van der Waals surface area contributed by atoms with Gasteiger partial charge in [0.2, 0.25) is 0 Å². The van der Waals surface area contributed by atoms with Gasteiger partial charge in [0.1, 0.15) is 23.5 Å². The van der Waals surface area contributed by atoms with Crippen molar-refractivity contribution in [1.82, 2.24) is 19.4 Å². The lowest BCUT2D eigenvalue weighted by atomic mass is 9.97. The number of anilines is 1. The number of ether oxygens (including phenoxy) is 1. The summed E-state index contributed by atoms with van der Waals surface area (Å²) in [5.41, 5.74) is 3.25. The molecule has 192 valence electrons. The average Bonchev–Trinajstić information content (AvgIpc) is 3.54. The molecule has 1 N–H and O–H groups in total. The molecule has 0 radical (unpaired) electrons. The third-order valence-corrected chi connectivity index (χ3v) is 8.22. The van der Waals surface area contributed by atoms with Crippen molar-refractivity contribution in [2.75, 3.05) is 18.5 Å². The number of rotatable bonds is 5. The number of benzene rings is 2. The third-order valence-electron chi connectivity index (χ3n) is 7.10. The number of thiazole rings is 1. The Morgan fingerprint density at radius 2 is 2.05 bits per heavy atom. The lowest BCUT2D eigenvalue weighted by Gasteiger charge is -2.33. The molecule has 2 atom stereocenters. The Balaban J connectivity index is 1.41. The second-order valence-electron chi connectivity index (χ2n) is 9.53. The van der Waals surface area contributed by atoms with Crippen LogP contribution in [0.2, 0.25) is 5.02 Å². The molecule has 2 aliphatic rings. The Hall–Kier alpha value is -3.94. The number of nitrogens with one attached hydrogen (secondary N) is 1. The minimum Gasteiger partial charge on any atom is -0.447 e.